The number of nitrogens with zero attached hydrogens (tertiary/aromatic N) is 1. The number of amides is 1. The first-order valence-corrected chi connectivity index (χ1v) is 8.49. The molecule has 2 fully saturated rings. The van der Waals surface area contributed by atoms with Crippen LogP contribution in [0.1, 0.15) is 45.4 Å². The quantitative estimate of drug-likeness (QED) is 0.627. The number of fused-ring (bicyclic) bond motifs is 2. The van der Waals surface area contributed by atoms with Crippen LogP contribution in [0.5, 0.6) is 0 Å². The Morgan fingerprint density at radius 2 is 1.95 bits per heavy atom. The maximum atomic E-state index is 11.8. The molecule has 5 heteroatoms. The molecule has 0 saturated carbocycles. The normalized spacial score (nSPS) is 28.8. The molecule has 2 atom stereocenters. The number of ether oxygens (including phenoxy) is 1. The Labute approximate surface area is 128 Å². The Bertz CT molecular complexity index is 311. The number of methoxy groups -OCH3 is 1. The summed E-state index contributed by atoms with van der Waals surface area (Å²) >= 11 is 0. The van der Waals surface area contributed by atoms with Crippen LogP contribution in [-0.2, 0) is 9.53 Å². The van der Waals surface area contributed by atoms with Gasteiger partial charge in [-0.2, -0.15) is 0 Å². The highest BCUT2D eigenvalue weighted by Gasteiger charge is 2.40. The highest BCUT2D eigenvalue weighted by atomic mass is 16.5. The van der Waals surface area contributed by atoms with Crippen molar-refractivity contribution in [3.05, 3.63) is 0 Å². The summed E-state index contributed by atoms with van der Waals surface area (Å²) in [6.45, 7) is 5.47. The van der Waals surface area contributed by atoms with Crippen LogP contribution in [0.15, 0.2) is 0 Å². The van der Waals surface area contributed by atoms with Crippen LogP contribution in [0.2, 0.25) is 0 Å². The van der Waals surface area contributed by atoms with E-state index in [1.165, 1.54) is 32.1 Å². The lowest BCUT2D eigenvalue weighted by Gasteiger charge is -2.39. The number of nitrogens with one attached hydrogen (secondary N) is 2. The van der Waals surface area contributed by atoms with E-state index in [1.807, 2.05) is 0 Å². The van der Waals surface area contributed by atoms with Gasteiger partial charge >= 0.3 is 0 Å². The van der Waals surface area contributed by atoms with E-state index >= 15 is 0 Å². The van der Waals surface area contributed by atoms with Gasteiger partial charge in [-0.25, -0.2) is 0 Å². The van der Waals surface area contributed by atoms with E-state index in [0.717, 1.165) is 13.1 Å². The zero-order chi connectivity index (χ0) is 15.1. The first-order chi connectivity index (χ1) is 10.2. The smallest absolute Gasteiger partial charge is 0.221 e. The van der Waals surface area contributed by atoms with Crippen molar-refractivity contribution in [3.8, 4) is 0 Å². The van der Waals surface area contributed by atoms with Gasteiger partial charge in [0.15, 0.2) is 0 Å². The lowest BCUT2D eigenvalue weighted by molar-refractivity contribution is -0.121. The van der Waals surface area contributed by atoms with Crippen molar-refractivity contribution in [3.63, 3.8) is 0 Å². The fourth-order valence-electron chi connectivity index (χ4n) is 3.77. The van der Waals surface area contributed by atoms with E-state index in [0.29, 0.717) is 37.7 Å². The summed E-state index contributed by atoms with van der Waals surface area (Å²) < 4.78 is 4.94. The Morgan fingerprint density at radius 1 is 1.24 bits per heavy atom. The monoisotopic (exact) mass is 297 g/mol. The molecule has 2 unspecified atom stereocenters. The van der Waals surface area contributed by atoms with E-state index < -0.39 is 0 Å². The second kappa shape index (κ2) is 8.71. The molecule has 21 heavy (non-hydrogen) atoms. The molecule has 2 rings (SSSR count). The maximum absolute atomic E-state index is 11.8. The first-order valence-electron chi connectivity index (χ1n) is 8.49. The molecule has 2 aliphatic rings. The lowest BCUT2D eigenvalue weighted by Crippen LogP contribution is -2.50. The highest BCUT2D eigenvalue weighted by Crippen LogP contribution is 2.35. The number of carbonyl (C=O) groups is 1. The fourth-order valence-corrected chi connectivity index (χ4v) is 3.77. The fraction of sp³-hybridized carbons (Fsp3) is 0.938. The lowest BCUT2D eigenvalue weighted by atomic mass is 9.97. The number of hydrogen-bond donors (Lipinski definition) is 2. The molecule has 0 radical (unpaired) electrons. The molecular formula is C16H31N3O2. The summed E-state index contributed by atoms with van der Waals surface area (Å²) in [6.07, 6.45) is 6.94. The molecule has 2 saturated heterocycles. The van der Waals surface area contributed by atoms with E-state index in [1.54, 1.807) is 7.11 Å². The molecule has 122 valence electrons. The van der Waals surface area contributed by atoms with Gasteiger partial charge in [0.1, 0.15) is 0 Å². The average Bonchev–Trinajstić information content (AvgIpc) is 2.72. The second-order valence-electron chi connectivity index (χ2n) is 6.34. The summed E-state index contributed by atoms with van der Waals surface area (Å²) in [6, 6.07) is 2.06. The van der Waals surface area contributed by atoms with Crippen LogP contribution >= 0.6 is 0 Å². The molecular weight excluding hydrogens is 266 g/mol. The molecule has 1 amide bonds. The van der Waals surface area contributed by atoms with Crippen molar-refractivity contribution in [2.24, 2.45) is 0 Å². The predicted molar refractivity (Wildman–Crippen MR) is 84.3 cm³/mol. The third-order valence-electron chi connectivity index (χ3n) is 4.79. The number of hydrogen-bond acceptors (Lipinski definition) is 4. The largest absolute Gasteiger partial charge is 0.383 e. The summed E-state index contributed by atoms with van der Waals surface area (Å²) in [4.78, 5) is 14.4. The summed E-state index contributed by atoms with van der Waals surface area (Å²) in [5, 5.41) is 6.58. The van der Waals surface area contributed by atoms with Crippen molar-refractivity contribution in [2.75, 3.05) is 33.4 Å². The summed E-state index contributed by atoms with van der Waals surface area (Å²) in [7, 11) is 1.65. The van der Waals surface area contributed by atoms with E-state index in [4.69, 9.17) is 4.74 Å². The second-order valence-corrected chi connectivity index (χ2v) is 6.34. The molecule has 2 bridgehead atoms. The van der Waals surface area contributed by atoms with Gasteiger partial charge in [0.2, 0.25) is 5.91 Å². The first kappa shape index (κ1) is 16.7. The van der Waals surface area contributed by atoms with Crippen LogP contribution in [-0.4, -0.2) is 62.3 Å². The SMILES string of the molecule is CCCNC1CC2CCC(C1)N2CCC(=O)NCCOC. The minimum absolute atomic E-state index is 0.151. The van der Waals surface area contributed by atoms with Gasteiger partial charge in [-0.1, -0.05) is 6.92 Å². The molecule has 2 N–H and O–H groups in total. The Balaban J connectivity index is 1.69. The van der Waals surface area contributed by atoms with Crippen molar-refractivity contribution < 1.29 is 9.53 Å². The van der Waals surface area contributed by atoms with Crippen molar-refractivity contribution in [1.82, 2.24) is 15.5 Å². The molecule has 5 nitrogen and oxygen atoms in total. The molecule has 0 aromatic heterocycles. The van der Waals surface area contributed by atoms with Gasteiger partial charge in [0.25, 0.3) is 0 Å². The van der Waals surface area contributed by atoms with Crippen LogP contribution < -0.4 is 10.6 Å². The van der Waals surface area contributed by atoms with Gasteiger partial charge in [0, 0.05) is 44.7 Å². The zero-order valence-corrected chi connectivity index (χ0v) is 13.6. The van der Waals surface area contributed by atoms with E-state index in [-0.39, 0.29) is 5.91 Å². The van der Waals surface area contributed by atoms with Crippen LogP contribution in [0.4, 0.5) is 0 Å². The Hall–Kier alpha value is -0.650. The van der Waals surface area contributed by atoms with Crippen molar-refractivity contribution in [1.29, 1.82) is 0 Å². The summed E-state index contributed by atoms with van der Waals surface area (Å²) in [5.41, 5.74) is 0. The third-order valence-corrected chi connectivity index (χ3v) is 4.79. The molecule has 2 aliphatic heterocycles. The van der Waals surface area contributed by atoms with Gasteiger partial charge in [-0.15, -0.1) is 0 Å². The Kier molecular flexibility index (Phi) is 6.93. The Morgan fingerprint density at radius 3 is 2.57 bits per heavy atom. The van der Waals surface area contributed by atoms with Gasteiger partial charge in [-0.05, 0) is 38.6 Å². The number of carbonyl (C=O) groups excluding carboxylic acids is 1. The van der Waals surface area contributed by atoms with E-state index in [2.05, 4.69) is 22.5 Å². The minimum Gasteiger partial charge on any atom is -0.383 e. The zero-order valence-electron chi connectivity index (χ0n) is 13.6. The van der Waals surface area contributed by atoms with Crippen LogP contribution in [0.3, 0.4) is 0 Å². The van der Waals surface area contributed by atoms with Crippen molar-refractivity contribution >= 4 is 5.91 Å². The predicted octanol–water partition coefficient (Wildman–Crippen LogP) is 1.13. The van der Waals surface area contributed by atoms with Gasteiger partial charge in [0.05, 0.1) is 6.61 Å². The third kappa shape index (κ3) is 4.94. The van der Waals surface area contributed by atoms with Crippen LogP contribution in [0.25, 0.3) is 0 Å². The molecule has 0 spiro atoms. The van der Waals surface area contributed by atoms with Gasteiger partial charge < -0.3 is 15.4 Å². The van der Waals surface area contributed by atoms with Crippen molar-refractivity contribution in [2.45, 2.75) is 63.6 Å². The highest BCUT2D eigenvalue weighted by molar-refractivity contribution is 5.76. The van der Waals surface area contributed by atoms with Crippen LogP contribution in [0, 0.1) is 0 Å². The summed E-state index contributed by atoms with van der Waals surface area (Å²) in [5.74, 6) is 0.151. The maximum Gasteiger partial charge on any atom is 0.221 e. The molecule has 0 aliphatic carbocycles. The number of piperidine rings is 1. The molecule has 2 heterocycles. The molecule has 0 aromatic rings. The molecule has 0 aromatic carbocycles. The topological polar surface area (TPSA) is 53.6 Å². The average molecular weight is 297 g/mol. The van der Waals surface area contributed by atoms with Gasteiger partial charge in [-0.3, -0.25) is 9.69 Å². The standard InChI is InChI=1S/C16H31N3O2/c1-3-7-17-13-11-14-4-5-15(12-13)19(14)9-6-16(20)18-8-10-21-2/h13-15,17H,3-12H2,1-2H3,(H,18,20). The number of rotatable bonds is 9. The van der Waals surface area contributed by atoms with E-state index in [9.17, 15) is 4.79 Å². The minimum atomic E-state index is 0.151.